The summed E-state index contributed by atoms with van der Waals surface area (Å²) in [6.45, 7) is 11.1. The van der Waals surface area contributed by atoms with Gasteiger partial charge in [-0.2, -0.15) is 0 Å². The van der Waals surface area contributed by atoms with Crippen LogP contribution in [0.25, 0.3) is 0 Å². The fraction of sp³-hybridized carbons (Fsp3) is 0.364. The molecule has 144 valence electrons. The van der Waals surface area contributed by atoms with Gasteiger partial charge in [0.2, 0.25) is 0 Å². The maximum absolute atomic E-state index is 12.3. The third-order valence-electron chi connectivity index (χ3n) is 4.26. The average molecular weight is 369 g/mol. The van der Waals surface area contributed by atoms with E-state index in [1.54, 1.807) is 6.92 Å². The molecule has 0 saturated carbocycles. The Morgan fingerprint density at radius 2 is 1.52 bits per heavy atom. The molecule has 0 fully saturated rings. The highest BCUT2D eigenvalue weighted by atomic mass is 16.6. The molecule has 0 unspecified atom stereocenters. The highest BCUT2D eigenvalue weighted by molar-refractivity contribution is 5.95. The number of rotatable bonds is 6. The Bertz CT molecular complexity index is 834. The summed E-state index contributed by atoms with van der Waals surface area (Å²) in [6.07, 6.45) is -0.915. The van der Waals surface area contributed by atoms with Crippen molar-refractivity contribution in [2.45, 2.75) is 47.6 Å². The Morgan fingerprint density at radius 3 is 2.11 bits per heavy atom. The lowest BCUT2D eigenvalue weighted by Crippen LogP contribution is -2.32. The highest BCUT2D eigenvalue weighted by Gasteiger charge is 2.19. The predicted molar refractivity (Wildman–Crippen MR) is 106 cm³/mol. The first-order valence-electron chi connectivity index (χ1n) is 8.95. The quantitative estimate of drug-likeness (QED) is 0.776. The smallest absolute Gasteiger partial charge is 0.344 e. The van der Waals surface area contributed by atoms with Gasteiger partial charge in [-0.1, -0.05) is 35.4 Å². The largest absolute Gasteiger partial charge is 0.481 e. The van der Waals surface area contributed by atoms with E-state index in [0.29, 0.717) is 11.4 Å². The second-order valence-electron chi connectivity index (χ2n) is 6.96. The molecule has 1 amide bonds. The lowest BCUT2D eigenvalue weighted by atomic mass is 10.1. The molecule has 0 radical (unpaired) electrons. The Hall–Kier alpha value is -2.82. The molecule has 0 aliphatic rings. The Morgan fingerprint density at radius 1 is 0.926 bits per heavy atom. The van der Waals surface area contributed by atoms with Crippen LogP contribution in [0.2, 0.25) is 0 Å². The molecule has 0 heterocycles. The zero-order chi connectivity index (χ0) is 20.1. The number of carbonyl (C=O) groups excluding carboxylic acids is 2. The number of hydrogen-bond donors (Lipinski definition) is 1. The molecule has 2 aromatic rings. The van der Waals surface area contributed by atoms with Gasteiger partial charge < -0.3 is 14.8 Å². The molecule has 1 N–H and O–H groups in total. The van der Waals surface area contributed by atoms with Crippen LogP contribution in [-0.2, 0) is 14.3 Å². The molecule has 27 heavy (non-hydrogen) atoms. The third kappa shape index (κ3) is 5.58. The van der Waals surface area contributed by atoms with Crippen molar-refractivity contribution >= 4 is 17.6 Å². The Kier molecular flexibility index (Phi) is 6.61. The Balaban J connectivity index is 1.90. The number of ether oxygens (including phenoxy) is 2. The number of anilines is 1. The minimum Gasteiger partial charge on any atom is -0.481 e. The molecule has 0 spiro atoms. The lowest BCUT2D eigenvalue weighted by Gasteiger charge is -2.16. The van der Waals surface area contributed by atoms with E-state index < -0.39 is 12.1 Å². The topological polar surface area (TPSA) is 64.6 Å². The van der Waals surface area contributed by atoms with Crippen LogP contribution in [0.4, 0.5) is 5.69 Å². The lowest BCUT2D eigenvalue weighted by molar-refractivity contribution is -0.155. The van der Waals surface area contributed by atoms with Gasteiger partial charge >= 0.3 is 5.97 Å². The zero-order valence-electron chi connectivity index (χ0n) is 16.8. The number of amides is 1. The summed E-state index contributed by atoms with van der Waals surface area (Å²) < 4.78 is 10.8. The molecule has 5 nitrogen and oxygen atoms in total. The monoisotopic (exact) mass is 369 g/mol. The summed E-state index contributed by atoms with van der Waals surface area (Å²) >= 11 is 0. The summed E-state index contributed by atoms with van der Waals surface area (Å²) in [4.78, 5) is 24.3. The molecule has 0 aliphatic carbocycles. The van der Waals surface area contributed by atoms with Gasteiger partial charge in [-0.25, -0.2) is 4.79 Å². The van der Waals surface area contributed by atoms with Gasteiger partial charge in [0.25, 0.3) is 5.91 Å². The summed E-state index contributed by atoms with van der Waals surface area (Å²) in [5.74, 6) is -0.291. The second kappa shape index (κ2) is 8.71. The molecule has 0 saturated heterocycles. The van der Waals surface area contributed by atoms with Crippen LogP contribution in [0, 0.1) is 34.6 Å². The number of benzene rings is 2. The van der Waals surface area contributed by atoms with Gasteiger partial charge in [0.15, 0.2) is 12.7 Å². The van der Waals surface area contributed by atoms with Crippen molar-refractivity contribution in [3.8, 4) is 5.75 Å². The number of esters is 1. The second-order valence-corrected chi connectivity index (χ2v) is 6.96. The number of carbonyl (C=O) groups is 2. The number of hydrogen-bond acceptors (Lipinski definition) is 4. The maximum Gasteiger partial charge on any atom is 0.344 e. The van der Waals surface area contributed by atoms with Crippen molar-refractivity contribution in [3.63, 3.8) is 0 Å². The average Bonchev–Trinajstić information content (AvgIpc) is 2.56. The fourth-order valence-corrected chi connectivity index (χ4v) is 3.00. The molecule has 0 bridgehead atoms. The van der Waals surface area contributed by atoms with E-state index in [4.69, 9.17) is 9.47 Å². The van der Waals surface area contributed by atoms with E-state index >= 15 is 0 Å². The normalized spacial score (nSPS) is 11.6. The SMILES string of the molecule is Cc1ccc(NC(=O)[C@H](C)OC(=O)COc2c(C)cc(C)cc2C)c(C)c1. The fourth-order valence-electron chi connectivity index (χ4n) is 3.00. The van der Waals surface area contributed by atoms with Gasteiger partial charge in [-0.3, -0.25) is 4.79 Å². The number of nitrogens with one attached hydrogen (secondary N) is 1. The van der Waals surface area contributed by atoms with Gasteiger partial charge in [0.1, 0.15) is 5.75 Å². The van der Waals surface area contributed by atoms with Crippen molar-refractivity contribution in [2.75, 3.05) is 11.9 Å². The minimum absolute atomic E-state index is 0.244. The van der Waals surface area contributed by atoms with Crippen molar-refractivity contribution in [1.29, 1.82) is 0 Å². The molecular formula is C22H27NO4. The van der Waals surface area contributed by atoms with Crippen LogP contribution in [0.5, 0.6) is 5.75 Å². The molecule has 0 aromatic heterocycles. The molecule has 5 heteroatoms. The van der Waals surface area contributed by atoms with Crippen LogP contribution in [0.15, 0.2) is 30.3 Å². The van der Waals surface area contributed by atoms with E-state index in [-0.39, 0.29) is 12.5 Å². The van der Waals surface area contributed by atoms with E-state index in [0.717, 1.165) is 27.8 Å². The van der Waals surface area contributed by atoms with Gasteiger partial charge in [-0.05, 0) is 64.3 Å². The first-order chi connectivity index (χ1) is 12.7. The van der Waals surface area contributed by atoms with Crippen molar-refractivity contribution in [1.82, 2.24) is 0 Å². The maximum atomic E-state index is 12.3. The van der Waals surface area contributed by atoms with Crippen LogP contribution in [-0.4, -0.2) is 24.6 Å². The van der Waals surface area contributed by atoms with E-state index in [1.165, 1.54) is 0 Å². The van der Waals surface area contributed by atoms with Crippen molar-refractivity contribution < 1.29 is 19.1 Å². The predicted octanol–water partition coefficient (Wildman–Crippen LogP) is 4.18. The molecule has 2 aromatic carbocycles. The first-order valence-corrected chi connectivity index (χ1v) is 8.95. The van der Waals surface area contributed by atoms with E-state index in [9.17, 15) is 9.59 Å². The molecule has 2 rings (SSSR count). The van der Waals surface area contributed by atoms with Gasteiger partial charge in [-0.15, -0.1) is 0 Å². The van der Waals surface area contributed by atoms with Crippen LogP contribution < -0.4 is 10.1 Å². The third-order valence-corrected chi connectivity index (χ3v) is 4.26. The van der Waals surface area contributed by atoms with Gasteiger partial charge in [0, 0.05) is 5.69 Å². The van der Waals surface area contributed by atoms with E-state index in [1.807, 2.05) is 65.0 Å². The molecule has 0 aliphatic heterocycles. The highest BCUT2D eigenvalue weighted by Crippen LogP contribution is 2.24. The van der Waals surface area contributed by atoms with E-state index in [2.05, 4.69) is 5.32 Å². The standard InChI is InChI=1S/C22H27NO4/c1-13-7-8-19(15(3)9-13)23-22(25)18(6)27-20(24)12-26-21-16(4)10-14(2)11-17(21)5/h7-11,18H,12H2,1-6H3,(H,23,25)/t18-/m0/s1. The summed E-state index contributed by atoms with van der Waals surface area (Å²) in [7, 11) is 0. The van der Waals surface area contributed by atoms with Crippen molar-refractivity contribution in [3.05, 3.63) is 58.1 Å². The minimum atomic E-state index is -0.915. The molecular weight excluding hydrogens is 342 g/mol. The van der Waals surface area contributed by atoms with Crippen LogP contribution >= 0.6 is 0 Å². The first kappa shape index (κ1) is 20.5. The Labute approximate surface area is 160 Å². The summed E-state index contributed by atoms with van der Waals surface area (Å²) in [5.41, 5.74) is 5.83. The van der Waals surface area contributed by atoms with Crippen LogP contribution in [0.3, 0.4) is 0 Å². The van der Waals surface area contributed by atoms with Crippen molar-refractivity contribution in [2.24, 2.45) is 0 Å². The summed E-state index contributed by atoms with van der Waals surface area (Å²) in [6, 6.07) is 9.72. The summed E-state index contributed by atoms with van der Waals surface area (Å²) in [5, 5.41) is 2.78. The van der Waals surface area contributed by atoms with Gasteiger partial charge in [0.05, 0.1) is 0 Å². The van der Waals surface area contributed by atoms with Crippen LogP contribution in [0.1, 0.15) is 34.7 Å². The molecule has 1 atom stereocenters. The number of aryl methyl sites for hydroxylation is 5. The zero-order valence-corrected chi connectivity index (χ0v) is 16.8.